The van der Waals surface area contributed by atoms with E-state index in [0.29, 0.717) is 38.3 Å². The average molecular weight is 348 g/mol. The first-order chi connectivity index (χ1) is 12.1. The van der Waals surface area contributed by atoms with Gasteiger partial charge in [0.05, 0.1) is 18.9 Å². The van der Waals surface area contributed by atoms with Crippen molar-refractivity contribution in [2.24, 2.45) is 5.92 Å². The SMILES string of the molecule is O=C(Cc1cccc(F)c1)N1CCCN(C(=O)[C@H]2CCCOC2)CC1. The fraction of sp³-hybridized carbons (Fsp3) is 0.579. The standard InChI is InChI=1S/C19H25FN2O3/c20-17-6-1-4-15(12-17)13-18(23)21-7-3-8-22(10-9-21)19(24)16-5-2-11-25-14-16/h1,4,6,12,16H,2-3,5,7-11,13-14H2/t16-/m0/s1. The van der Waals surface area contributed by atoms with Crippen molar-refractivity contribution in [3.63, 3.8) is 0 Å². The number of amides is 2. The summed E-state index contributed by atoms with van der Waals surface area (Å²) in [5.41, 5.74) is 0.682. The second kappa shape index (κ2) is 8.43. The van der Waals surface area contributed by atoms with Gasteiger partial charge in [0, 0.05) is 32.8 Å². The molecule has 5 nitrogen and oxygen atoms in total. The van der Waals surface area contributed by atoms with E-state index in [-0.39, 0.29) is 30.0 Å². The molecule has 0 N–H and O–H groups in total. The number of hydrogen-bond acceptors (Lipinski definition) is 3. The zero-order chi connectivity index (χ0) is 17.6. The van der Waals surface area contributed by atoms with E-state index in [1.165, 1.54) is 12.1 Å². The van der Waals surface area contributed by atoms with Crippen LogP contribution >= 0.6 is 0 Å². The van der Waals surface area contributed by atoms with Gasteiger partial charge in [0.25, 0.3) is 0 Å². The Kier molecular flexibility index (Phi) is 6.02. The normalized spacial score (nSPS) is 21.7. The first-order valence-electron chi connectivity index (χ1n) is 9.02. The highest BCUT2D eigenvalue weighted by Crippen LogP contribution is 2.18. The van der Waals surface area contributed by atoms with Gasteiger partial charge in [-0.15, -0.1) is 0 Å². The van der Waals surface area contributed by atoms with Crippen molar-refractivity contribution in [1.29, 1.82) is 0 Å². The Labute approximate surface area is 147 Å². The predicted molar refractivity (Wildman–Crippen MR) is 91.4 cm³/mol. The van der Waals surface area contributed by atoms with Crippen LogP contribution in [0.4, 0.5) is 4.39 Å². The van der Waals surface area contributed by atoms with E-state index < -0.39 is 0 Å². The molecule has 2 aliphatic heterocycles. The van der Waals surface area contributed by atoms with Gasteiger partial charge in [-0.25, -0.2) is 4.39 Å². The first-order valence-corrected chi connectivity index (χ1v) is 9.02. The minimum Gasteiger partial charge on any atom is -0.381 e. The summed E-state index contributed by atoms with van der Waals surface area (Å²) in [6.07, 6.45) is 2.79. The Morgan fingerprint density at radius 3 is 2.68 bits per heavy atom. The minimum atomic E-state index is -0.326. The van der Waals surface area contributed by atoms with E-state index in [9.17, 15) is 14.0 Å². The predicted octanol–water partition coefficient (Wildman–Crippen LogP) is 1.86. The molecule has 1 aromatic carbocycles. The van der Waals surface area contributed by atoms with Crippen molar-refractivity contribution in [3.05, 3.63) is 35.6 Å². The average Bonchev–Trinajstić information content (AvgIpc) is 2.88. The van der Waals surface area contributed by atoms with Crippen LogP contribution in [0.3, 0.4) is 0 Å². The molecule has 2 aliphatic rings. The number of carbonyl (C=O) groups is 2. The highest BCUT2D eigenvalue weighted by molar-refractivity contribution is 5.80. The lowest BCUT2D eigenvalue weighted by Crippen LogP contribution is -2.42. The molecule has 6 heteroatoms. The fourth-order valence-corrected chi connectivity index (χ4v) is 3.51. The van der Waals surface area contributed by atoms with Gasteiger partial charge in [0.2, 0.25) is 11.8 Å². The van der Waals surface area contributed by atoms with Gasteiger partial charge in [-0.2, -0.15) is 0 Å². The van der Waals surface area contributed by atoms with Gasteiger partial charge < -0.3 is 14.5 Å². The molecule has 0 unspecified atom stereocenters. The van der Waals surface area contributed by atoms with E-state index >= 15 is 0 Å². The smallest absolute Gasteiger partial charge is 0.228 e. The van der Waals surface area contributed by atoms with Crippen molar-refractivity contribution in [3.8, 4) is 0 Å². The summed E-state index contributed by atoms with van der Waals surface area (Å²) < 4.78 is 18.7. The second-order valence-electron chi connectivity index (χ2n) is 6.78. The second-order valence-corrected chi connectivity index (χ2v) is 6.78. The third-order valence-corrected chi connectivity index (χ3v) is 4.91. The Bertz CT molecular complexity index is 616. The molecule has 0 aliphatic carbocycles. The van der Waals surface area contributed by atoms with Crippen molar-refractivity contribution < 1.29 is 18.7 Å². The topological polar surface area (TPSA) is 49.9 Å². The van der Waals surface area contributed by atoms with Crippen LogP contribution in [0.25, 0.3) is 0 Å². The molecule has 25 heavy (non-hydrogen) atoms. The Morgan fingerprint density at radius 1 is 1.12 bits per heavy atom. The summed E-state index contributed by atoms with van der Waals surface area (Å²) >= 11 is 0. The molecule has 2 fully saturated rings. The van der Waals surface area contributed by atoms with Crippen molar-refractivity contribution in [1.82, 2.24) is 9.80 Å². The van der Waals surface area contributed by atoms with E-state index in [1.807, 2.05) is 4.90 Å². The molecule has 2 saturated heterocycles. The molecule has 3 rings (SSSR count). The van der Waals surface area contributed by atoms with Crippen LogP contribution in [-0.2, 0) is 20.7 Å². The highest BCUT2D eigenvalue weighted by Gasteiger charge is 2.28. The molecule has 136 valence electrons. The number of halogens is 1. The molecule has 1 atom stereocenters. The zero-order valence-corrected chi connectivity index (χ0v) is 14.5. The maximum absolute atomic E-state index is 13.3. The van der Waals surface area contributed by atoms with Gasteiger partial charge in [-0.3, -0.25) is 9.59 Å². The quantitative estimate of drug-likeness (QED) is 0.838. The lowest BCUT2D eigenvalue weighted by molar-refractivity contribution is -0.140. The van der Waals surface area contributed by atoms with Crippen LogP contribution in [0.2, 0.25) is 0 Å². The van der Waals surface area contributed by atoms with Crippen LogP contribution in [-0.4, -0.2) is 61.0 Å². The minimum absolute atomic E-state index is 0.0131. The summed E-state index contributed by atoms with van der Waals surface area (Å²) in [5.74, 6) is -0.226. The summed E-state index contributed by atoms with van der Waals surface area (Å²) in [7, 11) is 0. The number of benzene rings is 1. The van der Waals surface area contributed by atoms with Gasteiger partial charge in [0.15, 0.2) is 0 Å². The third-order valence-electron chi connectivity index (χ3n) is 4.91. The molecule has 2 amide bonds. The van der Waals surface area contributed by atoms with Gasteiger partial charge in [-0.1, -0.05) is 12.1 Å². The van der Waals surface area contributed by atoms with E-state index in [1.54, 1.807) is 17.0 Å². The lowest BCUT2D eigenvalue weighted by Gasteiger charge is -2.28. The molecule has 0 spiro atoms. The van der Waals surface area contributed by atoms with Crippen molar-refractivity contribution in [2.75, 3.05) is 39.4 Å². The number of ether oxygens (including phenoxy) is 1. The van der Waals surface area contributed by atoms with Gasteiger partial charge in [0.1, 0.15) is 5.82 Å². The molecular weight excluding hydrogens is 323 g/mol. The number of nitrogens with zero attached hydrogens (tertiary/aromatic N) is 2. The van der Waals surface area contributed by atoms with Crippen molar-refractivity contribution >= 4 is 11.8 Å². The van der Waals surface area contributed by atoms with E-state index in [2.05, 4.69) is 0 Å². The highest BCUT2D eigenvalue weighted by atomic mass is 19.1. The molecule has 0 radical (unpaired) electrons. The molecule has 0 saturated carbocycles. The number of hydrogen-bond donors (Lipinski definition) is 0. The summed E-state index contributed by atoms with van der Waals surface area (Å²) in [5, 5.41) is 0. The molecular formula is C19H25FN2O3. The molecule has 0 aromatic heterocycles. The summed E-state index contributed by atoms with van der Waals surface area (Å²) in [6, 6.07) is 6.15. The molecule has 2 heterocycles. The monoisotopic (exact) mass is 348 g/mol. The largest absolute Gasteiger partial charge is 0.381 e. The lowest BCUT2D eigenvalue weighted by atomic mass is 10.0. The van der Waals surface area contributed by atoms with Crippen LogP contribution in [0, 0.1) is 11.7 Å². The summed E-state index contributed by atoms with van der Waals surface area (Å²) in [4.78, 5) is 28.8. The Hall–Kier alpha value is -1.95. The maximum Gasteiger partial charge on any atom is 0.228 e. The van der Waals surface area contributed by atoms with Crippen LogP contribution in [0.1, 0.15) is 24.8 Å². The Morgan fingerprint density at radius 2 is 1.92 bits per heavy atom. The van der Waals surface area contributed by atoms with Crippen LogP contribution < -0.4 is 0 Å². The Balaban J connectivity index is 1.53. The van der Waals surface area contributed by atoms with Crippen molar-refractivity contribution in [2.45, 2.75) is 25.7 Å². The zero-order valence-electron chi connectivity index (χ0n) is 14.5. The molecule has 0 bridgehead atoms. The van der Waals surface area contributed by atoms with E-state index in [0.717, 1.165) is 25.9 Å². The number of carbonyl (C=O) groups excluding carboxylic acids is 2. The van der Waals surface area contributed by atoms with Crippen LogP contribution in [0.5, 0.6) is 0 Å². The van der Waals surface area contributed by atoms with E-state index in [4.69, 9.17) is 4.74 Å². The number of rotatable bonds is 3. The summed E-state index contributed by atoms with van der Waals surface area (Å²) in [6.45, 7) is 3.67. The van der Waals surface area contributed by atoms with Gasteiger partial charge in [-0.05, 0) is 37.0 Å². The molecule has 1 aromatic rings. The third kappa shape index (κ3) is 4.78. The maximum atomic E-state index is 13.3. The van der Waals surface area contributed by atoms with Crippen LogP contribution in [0.15, 0.2) is 24.3 Å². The first kappa shape index (κ1) is 17.9. The fourth-order valence-electron chi connectivity index (χ4n) is 3.51. The van der Waals surface area contributed by atoms with Gasteiger partial charge >= 0.3 is 0 Å².